The van der Waals surface area contributed by atoms with Crippen LogP contribution in [-0.4, -0.2) is 16.1 Å². The number of hydrogen-bond donors (Lipinski definition) is 1. The highest BCUT2D eigenvalue weighted by Crippen LogP contribution is 2.29. The lowest BCUT2D eigenvalue weighted by Gasteiger charge is -2.17. The number of nitrogens with one attached hydrogen (secondary N) is 1. The maximum atomic E-state index is 4.58. The second-order valence-electron chi connectivity index (χ2n) is 3.48. The third-order valence-corrected chi connectivity index (χ3v) is 4.07. The average molecular weight is 284 g/mol. The summed E-state index contributed by atoms with van der Waals surface area (Å²) in [5.74, 6) is 1.09. The van der Waals surface area contributed by atoms with Crippen molar-refractivity contribution in [2.75, 3.05) is 6.54 Å². The van der Waals surface area contributed by atoms with Crippen molar-refractivity contribution in [3.05, 3.63) is 27.8 Å². The van der Waals surface area contributed by atoms with Crippen LogP contribution in [0.1, 0.15) is 5.69 Å². The highest BCUT2D eigenvalue weighted by molar-refractivity contribution is 9.10. The van der Waals surface area contributed by atoms with Crippen molar-refractivity contribution in [2.24, 2.45) is 0 Å². The molecule has 0 unspecified atom stereocenters. The van der Waals surface area contributed by atoms with Crippen LogP contribution in [0.15, 0.2) is 22.1 Å². The molecule has 2 aromatic rings. The first-order valence-corrected chi connectivity index (χ1v) is 6.53. The van der Waals surface area contributed by atoms with Gasteiger partial charge in [0.25, 0.3) is 0 Å². The van der Waals surface area contributed by atoms with E-state index in [4.69, 9.17) is 0 Å². The van der Waals surface area contributed by atoms with Crippen molar-refractivity contribution < 1.29 is 0 Å². The molecule has 0 saturated carbocycles. The summed E-state index contributed by atoms with van der Waals surface area (Å²) in [5, 5.41) is 5.44. The van der Waals surface area contributed by atoms with Gasteiger partial charge in [-0.3, -0.25) is 0 Å². The number of hydrogen-bond acceptors (Lipinski definition) is 3. The van der Waals surface area contributed by atoms with Crippen LogP contribution in [0, 0.1) is 0 Å². The Kier molecular flexibility index (Phi) is 2.38. The number of aromatic nitrogens is 2. The number of thiophene rings is 1. The van der Waals surface area contributed by atoms with E-state index in [1.807, 2.05) is 0 Å². The standard InChI is InChI=1S/C10H10BrN3S/c11-9-7-6-12-3-4-14(7)10(13-9)8-2-1-5-15-8/h1-2,5,12H,3-4,6H2. The normalized spacial score (nSPS) is 15.3. The van der Waals surface area contributed by atoms with Gasteiger partial charge in [0.1, 0.15) is 4.60 Å². The summed E-state index contributed by atoms with van der Waals surface area (Å²) < 4.78 is 3.27. The Morgan fingerprint density at radius 2 is 2.47 bits per heavy atom. The summed E-state index contributed by atoms with van der Waals surface area (Å²) in [6.07, 6.45) is 0. The molecule has 0 fully saturated rings. The van der Waals surface area contributed by atoms with Crippen molar-refractivity contribution in [3.8, 4) is 10.7 Å². The first-order chi connectivity index (χ1) is 7.36. The summed E-state index contributed by atoms with van der Waals surface area (Å²) in [6.45, 7) is 2.92. The average Bonchev–Trinajstić information content (AvgIpc) is 2.87. The minimum atomic E-state index is 0.902. The lowest BCUT2D eigenvalue weighted by atomic mass is 10.3. The maximum absolute atomic E-state index is 4.58. The van der Waals surface area contributed by atoms with Crippen molar-refractivity contribution in [3.63, 3.8) is 0 Å². The summed E-state index contributed by atoms with van der Waals surface area (Å²) in [4.78, 5) is 5.82. The summed E-state index contributed by atoms with van der Waals surface area (Å²) in [7, 11) is 0. The van der Waals surface area contributed by atoms with E-state index in [9.17, 15) is 0 Å². The molecule has 1 aliphatic rings. The Labute approximate surface area is 100 Å². The molecule has 1 aliphatic heterocycles. The number of imidazole rings is 1. The van der Waals surface area contributed by atoms with E-state index in [2.05, 4.69) is 48.3 Å². The second-order valence-corrected chi connectivity index (χ2v) is 5.18. The Morgan fingerprint density at radius 3 is 3.27 bits per heavy atom. The molecule has 3 heterocycles. The minimum Gasteiger partial charge on any atom is -0.324 e. The zero-order valence-corrected chi connectivity index (χ0v) is 10.4. The third-order valence-electron chi connectivity index (χ3n) is 2.57. The zero-order chi connectivity index (χ0) is 10.3. The molecule has 0 bridgehead atoms. The topological polar surface area (TPSA) is 29.9 Å². The van der Waals surface area contributed by atoms with E-state index in [0.717, 1.165) is 30.1 Å². The van der Waals surface area contributed by atoms with Gasteiger partial charge in [-0.15, -0.1) is 11.3 Å². The van der Waals surface area contributed by atoms with E-state index in [1.54, 1.807) is 11.3 Å². The Hall–Kier alpha value is -0.650. The molecule has 0 radical (unpaired) electrons. The van der Waals surface area contributed by atoms with Crippen LogP contribution in [0.25, 0.3) is 10.7 Å². The van der Waals surface area contributed by atoms with Gasteiger partial charge >= 0.3 is 0 Å². The van der Waals surface area contributed by atoms with Crippen LogP contribution in [0.5, 0.6) is 0 Å². The van der Waals surface area contributed by atoms with Gasteiger partial charge in [0.15, 0.2) is 5.82 Å². The fraction of sp³-hybridized carbons (Fsp3) is 0.300. The first-order valence-electron chi connectivity index (χ1n) is 4.86. The Bertz CT molecular complexity index is 475. The maximum Gasteiger partial charge on any atom is 0.151 e. The highest BCUT2D eigenvalue weighted by atomic mass is 79.9. The fourth-order valence-corrected chi connectivity index (χ4v) is 3.10. The minimum absolute atomic E-state index is 0.902. The van der Waals surface area contributed by atoms with Gasteiger partial charge in [0.05, 0.1) is 10.6 Å². The molecular formula is C10H10BrN3S. The lowest BCUT2D eigenvalue weighted by molar-refractivity contribution is 0.518. The van der Waals surface area contributed by atoms with Crippen molar-refractivity contribution >= 4 is 27.3 Å². The molecule has 0 aromatic carbocycles. The summed E-state index contributed by atoms with van der Waals surface area (Å²) in [5.41, 5.74) is 1.25. The van der Waals surface area contributed by atoms with E-state index >= 15 is 0 Å². The van der Waals surface area contributed by atoms with Crippen LogP contribution in [-0.2, 0) is 13.1 Å². The first kappa shape index (κ1) is 9.57. The molecule has 0 spiro atoms. The predicted molar refractivity (Wildman–Crippen MR) is 64.9 cm³/mol. The summed E-state index contributed by atoms with van der Waals surface area (Å²) in [6, 6.07) is 4.19. The SMILES string of the molecule is Brc1nc(-c2cccs2)n2c1CNCC2. The van der Waals surface area contributed by atoms with Gasteiger partial charge in [0.2, 0.25) is 0 Å². The van der Waals surface area contributed by atoms with Gasteiger partial charge in [0, 0.05) is 19.6 Å². The predicted octanol–water partition coefficient (Wildman–Crippen LogP) is 2.48. The number of fused-ring (bicyclic) bond motifs is 1. The molecule has 0 aliphatic carbocycles. The van der Waals surface area contributed by atoms with Crippen LogP contribution in [0.2, 0.25) is 0 Å². The number of nitrogens with zero attached hydrogens (tertiary/aromatic N) is 2. The van der Waals surface area contributed by atoms with E-state index in [-0.39, 0.29) is 0 Å². The molecular weight excluding hydrogens is 274 g/mol. The van der Waals surface area contributed by atoms with Gasteiger partial charge in [-0.2, -0.15) is 0 Å². The monoisotopic (exact) mass is 283 g/mol. The van der Waals surface area contributed by atoms with Gasteiger partial charge < -0.3 is 9.88 Å². The third kappa shape index (κ3) is 1.55. The molecule has 5 heteroatoms. The Morgan fingerprint density at radius 1 is 1.53 bits per heavy atom. The molecule has 0 amide bonds. The summed E-state index contributed by atoms with van der Waals surface area (Å²) >= 11 is 5.26. The molecule has 0 saturated heterocycles. The van der Waals surface area contributed by atoms with E-state index < -0.39 is 0 Å². The smallest absolute Gasteiger partial charge is 0.151 e. The molecule has 2 aromatic heterocycles. The molecule has 3 rings (SSSR count). The quantitative estimate of drug-likeness (QED) is 0.872. The largest absolute Gasteiger partial charge is 0.324 e. The van der Waals surface area contributed by atoms with E-state index in [0.29, 0.717) is 0 Å². The van der Waals surface area contributed by atoms with Crippen LogP contribution in [0.3, 0.4) is 0 Å². The van der Waals surface area contributed by atoms with Crippen LogP contribution < -0.4 is 5.32 Å². The van der Waals surface area contributed by atoms with Crippen LogP contribution >= 0.6 is 27.3 Å². The number of halogens is 1. The Balaban J connectivity index is 2.16. The zero-order valence-electron chi connectivity index (χ0n) is 8.03. The van der Waals surface area contributed by atoms with Crippen molar-refractivity contribution in [2.45, 2.75) is 13.1 Å². The molecule has 1 N–H and O–H groups in total. The van der Waals surface area contributed by atoms with Crippen LogP contribution in [0.4, 0.5) is 0 Å². The van der Waals surface area contributed by atoms with E-state index in [1.165, 1.54) is 10.6 Å². The highest BCUT2D eigenvalue weighted by Gasteiger charge is 2.19. The van der Waals surface area contributed by atoms with Gasteiger partial charge in [-0.05, 0) is 27.4 Å². The second kappa shape index (κ2) is 3.73. The molecule has 78 valence electrons. The fourth-order valence-electron chi connectivity index (χ4n) is 1.86. The number of rotatable bonds is 1. The molecule has 0 atom stereocenters. The van der Waals surface area contributed by atoms with Crippen molar-refractivity contribution in [1.82, 2.24) is 14.9 Å². The molecule has 15 heavy (non-hydrogen) atoms. The molecule has 3 nitrogen and oxygen atoms in total. The van der Waals surface area contributed by atoms with Gasteiger partial charge in [-0.1, -0.05) is 6.07 Å². The van der Waals surface area contributed by atoms with Gasteiger partial charge in [-0.25, -0.2) is 4.98 Å². The van der Waals surface area contributed by atoms with Crippen molar-refractivity contribution in [1.29, 1.82) is 0 Å². The lowest BCUT2D eigenvalue weighted by Crippen LogP contribution is -2.28.